The standard InChI is InChI=1S/C17H12N2/c1-2-5-14-11-19-16(10-13(14)4-1)15-7-3-6-12-8-9-18-17(12)15/h1-11,18H. The van der Waals surface area contributed by atoms with Crippen LogP contribution in [0.15, 0.2) is 67.0 Å². The van der Waals surface area contributed by atoms with Crippen LogP contribution in [0.3, 0.4) is 0 Å². The van der Waals surface area contributed by atoms with Gasteiger partial charge in [-0.05, 0) is 17.5 Å². The molecular weight excluding hydrogens is 232 g/mol. The number of H-pyrrole nitrogens is 1. The number of aromatic nitrogens is 2. The van der Waals surface area contributed by atoms with Crippen LogP contribution in [0.4, 0.5) is 0 Å². The van der Waals surface area contributed by atoms with Crippen molar-refractivity contribution in [1.82, 2.24) is 9.97 Å². The Morgan fingerprint density at radius 3 is 2.58 bits per heavy atom. The molecule has 1 N–H and O–H groups in total. The quantitative estimate of drug-likeness (QED) is 0.528. The van der Waals surface area contributed by atoms with Gasteiger partial charge >= 0.3 is 0 Å². The van der Waals surface area contributed by atoms with E-state index in [0.717, 1.165) is 16.8 Å². The Hall–Kier alpha value is -2.61. The third kappa shape index (κ3) is 1.61. The SMILES string of the molecule is c1ccc2cc(-c3cccc4cc[nH]c34)ncc2c1. The molecule has 0 aliphatic carbocycles. The first-order chi connectivity index (χ1) is 9.42. The third-order valence-electron chi connectivity index (χ3n) is 3.49. The van der Waals surface area contributed by atoms with Gasteiger partial charge in [0.15, 0.2) is 0 Å². The van der Waals surface area contributed by atoms with E-state index in [-0.39, 0.29) is 0 Å². The molecule has 4 aromatic rings. The summed E-state index contributed by atoms with van der Waals surface area (Å²) >= 11 is 0. The molecule has 0 fully saturated rings. The average molecular weight is 244 g/mol. The highest BCUT2D eigenvalue weighted by Gasteiger charge is 2.06. The van der Waals surface area contributed by atoms with Crippen LogP contribution in [-0.4, -0.2) is 9.97 Å². The van der Waals surface area contributed by atoms with Crippen molar-refractivity contribution in [3.05, 3.63) is 67.0 Å². The Bertz CT molecular complexity index is 874. The molecule has 0 unspecified atom stereocenters. The van der Waals surface area contributed by atoms with E-state index in [2.05, 4.69) is 58.5 Å². The molecule has 0 saturated carbocycles. The molecule has 0 radical (unpaired) electrons. The number of hydrogen-bond acceptors (Lipinski definition) is 1. The van der Waals surface area contributed by atoms with Gasteiger partial charge in [0.2, 0.25) is 0 Å². The van der Waals surface area contributed by atoms with Gasteiger partial charge in [-0.3, -0.25) is 4.98 Å². The lowest BCUT2D eigenvalue weighted by molar-refractivity contribution is 1.35. The minimum atomic E-state index is 1.01. The third-order valence-corrected chi connectivity index (χ3v) is 3.49. The molecule has 2 heterocycles. The smallest absolute Gasteiger partial charge is 0.0729 e. The summed E-state index contributed by atoms with van der Waals surface area (Å²) in [5.41, 5.74) is 3.30. The maximum Gasteiger partial charge on any atom is 0.0729 e. The summed E-state index contributed by atoms with van der Waals surface area (Å²) in [5, 5.41) is 3.61. The summed E-state index contributed by atoms with van der Waals surface area (Å²) in [6, 6.07) is 18.8. The number of hydrogen-bond donors (Lipinski definition) is 1. The van der Waals surface area contributed by atoms with Crippen LogP contribution in [0.5, 0.6) is 0 Å². The Morgan fingerprint density at radius 1 is 0.789 bits per heavy atom. The molecule has 0 amide bonds. The fourth-order valence-corrected chi connectivity index (χ4v) is 2.53. The van der Waals surface area contributed by atoms with Crippen molar-refractivity contribution in [2.75, 3.05) is 0 Å². The second-order valence-corrected chi connectivity index (χ2v) is 4.66. The van der Waals surface area contributed by atoms with Crippen LogP contribution in [0.25, 0.3) is 32.9 Å². The van der Waals surface area contributed by atoms with Gasteiger partial charge in [0.05, 0.1) is 11.2 Å². The predicted octanol–water partition coefficient (Wildman–Crippen LogP) is 4.38. The molecule has 4 rings (SSSR count). The maximum absolute atomic E-state index is 4.59. The zero-order valence-electron chi connectivity index (χ0n) is 10.3. The number of nitrogens with one attached hydrogen (secondary N) is 1. The van der Waals surface area contributed by atoms with Crippen LogP contribution in [0.2, 0.25) is 0 Å². The number of rotatable bonds is 1. The number of fused-ring (bicyclic) bond motifs is 2. The molecule has 2 aromatic heterocycles. The maximum atomic E-state index is 4.59. The second kappa shape index (κ2) is 3.95. The first kappa shape index (κ1) is 10.3. The van der Waals surface area contributed by atoms with E-state index in [1.807, 2.05) is 18.5 Å². The first-order valence-corrected chi connectivity index (χ1v) is 6.33. The molecule has 0 saturated heterocycles. The number of nitrogens with zero attached hydrogens (tertiary/aromatic N) is 1. The Kier molecular flexibility index (Phi) is 2.15. The second-order valence-electron chi connectivity index (χ2n) is 4.66. The average Bonchev–Trinajstić information content (AvgIpc) is 2.95. The van der Waals surface area contributed by atoms with Gasteiger partial charge < -0.3 is 4.98 Å². The van der Waals surface area contributed by atoms with Crippen molar-refractivity contribution in [3.8, 4) is 11.3 Å². The Morgan fingerprint density at radius 2 is 1.63 bits per heavy atom. The summed E-state index contributed by atoms with van der Waals surface area (Å²) in [5.74, 6) is 0. The Labute approximate surface area is 110 Å². The first-order valence-electron chi connectivity index (χ1n) is 6.33. The van der Waals surface area contributed by atoms with Gasteiger partial charge in [-0.15, -0.1) is 0 Å². The summed E-state index contributed by atoms with van der Waals surface area (Å²) in [6.07, 6.45) is 3.90. The van der Waals surface area contributed by atoms with Crippen LogP contribution < -0.4 is 0 Å². The molecule has 0 bridgehead atoms. The normalized spacial score (nSPS) is 11.2. The highest BCUT2D eigenvalue weighted by Crippen LogP contribution is 2.27. The number of aromatic amines is 1. The topological polar surface area (TPSA) is 28.7 Å². The molecule has 2 heteroatoms. The van der Waals surface area contributed by atoms with E-state index in [1.165, 1.54) is 16.2 Å². The fraction of sp³-hybridized carbons (Fsp3) is 0. The lowest BCUT2D eigenvalue weighted by Crippen LogP contribution is -1.85. The van der Waals surface area contributed by atoms with Crippen molar-refractivity contribution in [3.63, 3.8) is 0 Å². The Balaban J connectivity index is 2.01. The number of benzene rings is 2. The highest BCUT2D eigenvalue weighted by atomic mass is 14.7. The molecule has 0 aliphatic rings. The molecule has 0 aliphatic heterocycles. The molecular formula is C17H12N2. The van der Waals surface area contributed by atoms with Crippen LogP contribution in [-0.2, 0) is 0 Å². The largest absolute Gasteiger partial charge is 0.361 e. The summed E-state index contributed by atoms with van der Waals surface area (Å²) < 4.78 is 0. The van der Waals surface area contributed by atoms with Gasteiger partial charge in [0.25, 0.3) is 0 Å². The molecule has 0 atom stereocenters. The van der Waals surface area contributed by atoms with E-state index < -0.39 is 0 Å². The lowest BCUT2D eigenvalue weighted by atomic mass is 10.1. The van der Waals surface area contributed by atoms with Crippen LogP contribution in [0.1, 0.15) is 0 Å². The zero-order valence-corrected chi connectivity index (χ0v) is 10.3. The monoisotopic (exact) mass is 244 g/mol. The van der Waals surface area contributed by atoms with Gasteiger partial charge in [-0.2, -0.15) is 0 Å². The number of para-hydroxylation sites is 1. The van der Waals surface area contributed by atoms with Gasteiger partial charge in [-0.25, -0.2) is 0 Å². The summed E-state index contributed by atoms with van der Waals surface area (Å²) in [4.78, 5) is 7.88. The summed E-state index contributed by atoms with van der Waals surface area (Å²) in [7, 11) is 0. The number of pyridine rings is 1. The van der Waals surface area contributed by atoms with E-state index >= 15 is 0 Å². The minimum Gasteiger partial charge on any atom is -0.361 e. The molecule has 0 spiro atoms. The van der Waals surface area contributed by atoms with E-state index in [0.29, 0.717) is 0 Å². The molecule has 90 valence electrons. The van der Waals surface area contributed by atoms with Crippen molar-refractivity contribution >= 4 is 21.7 Å². The van der Waals surface area contributed by atoms with E-state index in [4.69, 9.17) is 0 Å². The highest BCUT2D eigenvalue weighted by molar-refractivity contribution is 5.95. The van der Waals surface area contributed by atoms with Crippen molar-refractivity contribution in [2.24, 2.45) is 0 Å². The molecule has 19 heavy (non-hydrogen) atoms. The van der Waals surface area contributed by atoms with Gasteiger partial charge in [-0.1, -0.05) is 42.5 Å². The molecule has 2 aromatic carbocycles. The minimum absolute atomic E-state index is 1.01. The van der Waals surface area contributed by atoms with Gasteiger partial charge in [0, 0.05) is 28.7 Å². The summed E-state index contributed by atoms with van der Waals surface area (Å²) in [6.45, 7) is 0. The van der Waals surface area contributed by atoms with E-state index in [1.54, 1.807) is 0 Å². The van der Waals surface area contributed by atoms with Crippen molar-refractivity contribution in [2.45, 2.75) is 0 Å². The van der Waals surface area contributed by atoms with Crippen LogP contribution >= 0.6 is 0 Å². The van der Waals surface area contributed by atoms with Gasteiger partial charge in [0.1, 0.15) is 0 Å². The molecule has 2 nitrogen and oxygen atoms in total. The van der Waals surface area contributed by atoms with Crippen molar-refractivity contribution < 1.29 is 0 Å². The van der Waals surface area contributed by atoms with E-state index in [9.17, 15) is 0 Å². The fourth-order valence-electron chi connectivity index (χ4n) is 2.53. The van der Waals surface area contributed by atoms with Crippen molar-refractivity contribution in [1.29, 1.82) is 0 Å². The zero-order chi connectivity index (χ0) is 12.7. The predicted molar refractivity (Wildman–Crippen MR) is 79.0 cm³/mol. The lowest BCUT2D eigenvalue weighted by Gasteiger charge is -2.04. The van der Waals surface area contributed by atoms with Crippen LogP contribution in [0, 0.1) is 0 Å².